The van der Waals surface area contributed by atoms with Gasteiger partial charge in [-0.15, -0.1) is 0 Å². The van der Waals surface area contributed by atoms with Gasteiger partial charge in [0.05, 0.1) is 22.1 Å². The summed E-state index contributed by atoms with van der Waals surface area (Å²) in [6, 6.07) is 94.2. The molecule has 0 fully saturated rings. The van der Waals surface area contributed by atoms with Gasteiger partial charge in [-0.1, -0.05) is 212 Å². The van der Waals surface area contributed by atoms with Crippen LogP contribution in [0.2, 0.25) is 0 Å². The molecule has 6 heteroatoms. The van der Waals surface area contributed by atoms with Crippen LogP contribution < -0.4 is 20.7 Å². The summed E-state index contributed by atoms with van der Waals surface area (Å²) in [5.74, 6) is 1.85. The van der Waals surface area contributed by atoms with Crippen molar-refractivity contribution in [3.8, 4) is 45.5 Å². The number of fused-ring (bicyclic) bond motifs is 6. The molecule has 0 saturated heterocycles. The molecule has 0 radical (unpaired) electrons. The third-order valence-corrected chi connectivity index (χ3v) is 18.4. The first-order chi connectivity index (χ1) is 34.2. The Balaban J connectivity index is 1.18. The maximum absolute atomic E-state index is 5.38. The molecule has 69 heavy (non-hydrogen) atoms. The van der Waals surface area contributed by atoms with Crippen LogP contribution in [0.4, 0.5) is 0 Å². The molecule has 3 aromatic heterocycles. The zero-order valence-corrected chi connectivity index (χ0v) is 38.6. The van der Waals surface area contributed by atoms with Crippen LogP contribution >= 0.6 is 0 Å². The number of aromatic nitrogens is 5. The minimum absolute atomic E-state index is 0.607. The fourth-order valence-electron chi connectivity index (χ4n) is 10.7. The van der Waals surface area contributed by atoms with Crippen molar-refractivity contribution in [2.24, 2.45) is 0 Å². The van der Waals surface area contributed by atoms with Crippen LogP contribution in [0.25, 0.3) is 89.2 Å². The maximum Gasteiger partial charge on any atom is 0.179 e. The Hall–Kier alpha value is -8.97. The van der Waals surface area contributed by atoms with E-state index < -0.39 is 8.07 Å². The number of para-hydroxylation sites is 3. The molecule has 0 aliphatic heterocycles. The molecule has 324 valence electrons. The number of hydrogen-bond acceptors (Lipinski definition) is 3. The second kappa shape index (κ2) is 16.7. The van der Waals surface area contributed by atoms with Crippen LogP contribution in [0.1, 0.15) is 0 Å². The van der Waals surface area contributed by atoms with E-state index in [9.17, 15) is 0 Å². The van der Waals surface area contributed by atoms with Gasteiger partial charge in [0, 0.05) is 49.6 Å². The Morgan fingerprint density at radius 3 is 1.09 bits per heavy atom. The van der Waals surface area contributed by atoms with E-state index in [1.807, 2.05) is 36.4 Å². The highest BCUT2D eigenvalue weighted by Crippen LogP contribution is 2.40. The van der Waals surface area contributed by atoms with E-state index in [-0.39, 0.29) is 0 Å². The average Bonchev–Trinajstić information content (AvgIpc) is 3.94. The molecular weight excluding hydrogens is 855 g/mol. The molecule has 3 heterocycles. The molecule has 0 bridgehead atoms. The lowest BCUT2D eigenvalue weighted by molar-refractivity contribution is 1.07. The van der Waals surface area contributed by atoms with Gasteiger partial charge in [0.25, 0.3) is 0 Å². The van der Waals surface area contributed by atoms with Crippen molar-refractivity contribution >= 4 is 72.4 Å². The molecule has 0 atom stereocenters. The molecular formula is C63H43N5Si. The van der Waals surface area contributed by atoms with Crippen molar-refractivity contribution in [2.45, 2.75) is 0 Å². The summed E-state index contributed by atoms with van der Waals surface area (Å²) < 4.78 is 4.88. The lowest BCUT2D eigenvalue weighted by atomic mass is 10.1. The Bertz CT molecular complexity index is 3830. The van der Waals surface area contributed by atoms with E-state index in [0.29, 0.717) is 17.5 Å². The molecule has 0 saturated carbocycles. The van der Waals surface area contributed by atoms with Gasteiger partial charge in [0.1, 0.15) is 0 Å². The Morgan fingerprint density at radius 2 is 0.623 bits per heavy atom. The van der Waals surface area contributed by atoms with Gasteiger partial charge < -0.3 is 9.13 Å². The van der Waals surface area contributed by atoms with Crippen molar-refractivity contribution in [2.75, 3.05) is 0 Å². The van der Waals surface area contributed by atoms with Crippen molar-refractivity contribution in [3.05, 3.63) is 261 Å². The smallest absolute Gasteiger partial charge is 0.179 e. The first kappa shape index (κ1) is 40.3. The highest BCUT2D eigenvalue weighted by atomic mass is 28.3. The summed E-state index contributed by atoms with van der Waals surface area (Å²) in [6.45, 7) is 0. The monoisotopic (exact) mass is 897 g/mol. The normalized spacial score (nSPS) is 11.8. The molecule has 0 unspecified atom stereocenters. The molecule has 0 aliphatic carbocycles. The second-order valence-electron chi connectivity index (χ2n) is 17.6. The zero-order valence-electron chi connectivity index (χ0n) is 37.6. The highest BCUT2D eigenvalue weighted by molar-refractivity contribution is 7.20. The summed E-state index contributed by atoms with van der Waals surface area (Å²) in [5.41, 5.74) is 9.47. The number of rotatable bonds is 9. The summed E-state index contributed by atoms with van der Waals surface area (Å²) in [4.78, 5) is 15.9. The van der Waals surface area contributed by atoms with Crippen LogP contribution in [-0.4, -0.2) is 32.2 Å². The van der Waals surface area contributed by atoms with Gasteiger partial charge in [0.15, 0.2) is 25.5 Å². The zero-order chi connectivity index (χ0) is 45.7. The quantitative estimate of drug-likeness (QED) is 0.107. The molecule has 13 rings (SSSR count). The average molecular weight is 898 g/mol. The van der Waals surface area contributed by atoms with Crippen LogP contribution in [0.5, 0.6) is 0 Å². The van der Waals surface area contributed by atoms with Crippen molar-refractivity contribution in [1.82, 2.24) is 24.1 Å². The van der Waals surface area contributed by atoms with E-state index in [1.165, 1.54) is 47.8 Å². The first-order valence-electron chi connectivity index (χ1n) is 23.4. The number of benzene rings is 10. The van der Waals surface area contributed by atoms with Crippen LogP contribution in [-0.2, 0) is 0 Å². The van der Waals surface area contributed by atoms with E-state index >= 15 is 0 Å². The molecule has 0 spiro atoms. The van der Waals surface area contributed by atoms with Gasteiger partial charge in [-0.2, -0.15) is 0 Å². The van der Waals surface area contributed by atoms with E-state index in [2.05, 4.69) is 234 Å². The predicted octanol–water partition coefficient (Wildman–Crippen LogP) is 12.4. The molecule has 10 aromatic carbocycles. The summed E-state index contributed by atoms with van der Waals surface area (Å²) >= 11 is 0. The first-order valence-corrected chi connectivity index (χ1v) is 25.4. The minimum Gasteiger partial charge on any atom is -0.309 e. The van der Waals surface area contributed by atoms with Crippen molar-refractivity contribution < 1.29 is 0 Å². The summed E-state index contributed by atoms with van der Waals surface area (Å²) in [6.07, 6.45) is 0. The third kappa shape index (κ3) is 6.72. The Labute approximate surface area is 400 Å². The van der Waals surface area contributed by atoms with Gasteiger partial charge in [-0.3, -0.25) is 0 Å². The van der Waals surface area contributed by atoms with Crippen molar-refractivity contribution in [3.63, 3.8) is 0 Å². The van der Waals surface area contributed by atoms with E-state index in [1.54, 1.807) is 0 Å². The van der Waals surface area contributed by atoms with Crippen LogP contribution in [0, 0.1) is 0 Å². The lowest BCUT2D eigenvalue weighted by Crippen LogP contribution is -2.74. The predicted molar refractivity (Wildman–Crippen MR) is 288 cm³/mol. The highest BCUT2D eigenvalue weighted by Gasteiger charge is 2.42. The van der Waals surface area contributed by atoms with Crippen LogP contribution in [0.3, 0.4) is 0 Å². The fraction of sp³-hybridized carbons (Fsp3) is 0. The third-order valence-electron chi connectivity index (χ3n) is 13.7. The maximum atomic E-state index is 5.38. The fourth-order valence-corrected chi connectivity index (χ4v) is 15.5. The van der Waals surface area contributed by atoms with Gasteiger partial charge in [-0.25, -0.2) is 15.0 Å². The van der Waals surface area contributed by atoms with E-state index in [4.69, 9.17) is 15.0 Å². The van der Waals surface area contributed by atoms with Gasteiger partial charge >= 0.3 is 0 Å². The standard InChI is InChI=1S/C63H43N5Si/c1-7-23-44(24-8-1)61-64-62(45-25-9-2-10-26-45)66-63(65-61)46-39-48(41-52(40-46)69(49-29-13-4-14-30-49,50-31-15-5-16-32-50)51-33-17-6-18-34-51)68-58-38-22-20-36-54(58)56-42-55-53-35-19-21-37-57(53)67(59(55)43-60(56)68)47-27-11-3-12-28-47/h1-43H. The largest absolute Gasteiger partial charge is 0.309 e. The van der Waals surface area contributed by atoms with Crippen LogP contribution in [0.15, 0.2) is 261 Å². The molecule has 0 N–H and O–H groups in total. The number of hydrogen-bond donors (Lipinski definition) is 0. The minimum atomic E-state index is -3.11. The summed E-state index contributed by atoms with van der Waals surface area (Å²) in [7, 11) is -3.11. The second-order valence-corrected chi connectivity index (χ2v) is 21.4. The molecule has 13 aromatic rings. The molecule has 0 aliphatic rings. The molecule has 0 amide bonds. The van der Waals surface area contributed by atoms with Gasteiger partial charge in [0.2, 0.25) is 0 Å². The van der Waals surface area contributed by atoms with E-state index in [0.717, 1.165) is 44.6 Å². The lowest BCUT2D eigenvalue weighted by Gasteiger charge is -2.35. The van der Waals surface area contributed by atoms with Gasteiger partial charge in [-0.05, 0) is 69.3 Å². The van der Waals surface area contributed by atoms with Crippen molar-refractivity contribution in [1.29, 1.82) is 0 Å². The topological polar surface area (TPSA) is 48.5 Å². The molecule has 5 nitrogen and oxygen atoms in total. The summed E-state index contributed by atoms with van der Waals surface area (Å²) in [5, 5.41) is 9.89. The Kier molecular flexibility index (Phi) is 9.77. The SMILES string of the molecule is c1ccc(-c2nc(-c3ccccc3)nc(-c3cc(-n4c5ccccc5c5cc6c7ccccc7n(-c7ccccc7)c6cc54)cc([Si](c4ccccc4)(c4ccccc4)c4ccccc4)c3)n2)cc1. The number of nitrogens with zero attached hydrogens (tertiary/aromatic N) is 5. The Morgan fingerprint density at radius 1 is 0.246 bits per heavy atom.